The van der Waals surface area contributed by atoms with Gasteiger partial charge in [-0.2, -0.15) is 4.98 Å². The van der Waals surface area contributed by atoms with Crippen LogP contribution < -0.4 is 30.9 Å². The topological polar surface area (TPSA) is 124 Å². The Bertz CT molecular complexity index is 1420. The molecule has 3 aromatic rings. The maximum atomic E-state index is 12.4. The molecular formula is C29H35ClN8O3. The van der Waals surface area contributed by atoms with Crippen LogP contribution >= 0.6 is 11.6 Å². The molecule has 41 heavy (non-hydrogen) atoms. The molecule has 4 rings (SSSR count). The third kappa shape index (κ3) is 7.05. The number of para-hydroxylation sites is 1. The molecule has 1 aliphatic heterocycles. The van der Waals surface area contributed by atoms with Crippen molar-refractivity contribution in [1.29, 1.82) is 0 Å². The average molecular weight is 579 g/mol. The number of nitrogens with zero attached hydrogens (tertiary/aromatic N) is 4. The van der Waals surface area contributed by atoms with Gasteiger partial charge in [0.25, 0.3) is 5.91 Å². The molecule has 1 saturated heterocycles. The molecule has 1 fully saturated rings. The first kappa shape index (κ1) is 29.6. The van der Waals surface area contributed by atoms with Crippen molar-refractivity contribution in [3.8, 4) is 5.75 Å². The monoisotopic (exact) mass is 578 g/mol. The summed E-state index contributed by atoms with van der Waals surface area (Å²) in [5, 5.41) is 12.1. The Labute approximate surface area is 244 Å². The lowest BCUT2D eigenvalue weighted by Gasteiger charge is -2.39. The molecule has 0 bridgehead atoms. The fourth-order valence-corrected chi connectivity index (χ4v) is 4.69. The minimum atomic E-state index is -0.327. The lowest BCUT2D eigenvalue weighted by molar-refractivity contribution is -0.111. The van der Waals surface area contributed by atoms with E-state index in [1.54, 1.807) is 44.5 Å². The normalized spacial score (nSPS) is 13.5. The second-order valence-electron chi connectivity index (χ2n) is 9.64. The van der Waals surface area contributed by atoms with Crippen LogP contribution in [0.2, 0.25) is 5.02 Å². The number of hydrogen-bond acceptors (Lipinski definition) is 9. The van der Waals surface area contributed by atoms with Crippen molar-refractivity contribution in [2.45, 2.75) is 19.9 Å². The van der Waals surface area contributed by atoms with Gasteiger partial charge in [-0.1, -0.05) is 30.3 Å². The molecule has 4 N–H and O–H groups in total. The van der Waals surface area contributed by atoms with Gasteiger partial charge < -0.3 is 30.9 Å². The quantitative estimate of drug-likeness (QED) is 0.255. The molecule has 11 nitrogen and oxygen atoms in total. The van der Waals surface area contributed by atoms with E-state index in [9.17, 15) is 9.59 Å². The highest BCUT2D eigenvalue weighted by Gasteiger charge is 2.23. The summed E-state index contributed by atoms with van der Waals surface area (Å²) in [4.78, 5) is 38.2. The molecular weight excluding hydrogens is 544 g/mol. The van der Waals surface area contributed by atoms with Crippen LogP contribution in [0.25, 0.3) is 0 Å². The SMILES string of the molecule is C=CC(=O)Nc1cc(Nc2ncc(Cl)c(Nc3ccccc3C(=O)NC)n2)c(OC)cc1N1CCN(C(C)C)CC1. The summed E-state index contributed by atoms with van der Waals surface area (Å²) in [6.07, 6.45) is 2.69. The van der Waals surface area contributed by atoms with Crippen molar-refractivity contribution in [1.82, 2.24) is 20.2 Å². The Morgan fingerprint density at radius 2 is 1.80 bits per heavy atom. The molecule has 2 aromatic carbocycles. The summed E-state index contributed by atoms with van der Waals surface area (Å²) < 4.78 is 5.72. The Balaban J connectivity index is 1.65. The molecule has 0 unspecified atom stereocenters. The zero-order valence-electron chi connectivity index (χ0n) is 23.6. The second-order valence-corrected chi connectivity index (χ2v) is 10.1. The number of ether oxygens (including phenoxy) is 1. The molecule has 0 atom stereocenters. The highest BCUT2D eigenvalue weighted by atomic mass is 35.5. The van der Waals surface area contributed by atoms with E-state index < -0.39 is 0 Å². The van der Waals surface area contributed by atoms with Gasteiger partial charge in [-0.05, 0) is 38.1 Å². The number of methoxy groups -OCH3 is 1. The third-order valence-corrected chi connectivity index (χ3v) is 7.07. The van der Waals surface area contributed by atoms with E-state index in [1.165, 1.54) is 12.3 Å². The van der Waals surface area contributed by atoms with Crippen LogP contribution in [0.1, 0.15) is 24.2 Å². The number of carbonyl (C=O) groups is 2. The lowest BCUT2D eigenvalue weighted by atomic mass is 10.1. The molecule has 0 spiro atoms. The number of benzene rings is 2. The third-order valence-electron chi connectivity index (χ3n) is 6.79. The largest absolute Gasteiger partial charge is 0.494 e. The highest BCUT2D eigenvalue weighted by molar-refractivity contribution is 6.33. The van der Waals surface area contributed by atoms with E-state index in [-0.39, 0.29) is 22.8 Å². The van der Waals surface area contributed by atoms with Crippen LogP contribution in [0.5, 0.6) is 5.75 Å². The zero-order chi connectivity index (χ0) is 29.5. The number of piperazine rings is 1. The fraction of sp³-hybridized carbons (Fsp3) is 0.310. The van der Waals surface area contributed by atoms with Crippen molar-refractivity contribution < 1.29 is 14.3 Å². The molecule has 1 aliphatic rings. The summed E-state index contributed by atoms with van der Waals surface area (Å²) in [6, 6.07) is 11.2. The van der Waals surface area contributed by atoms with Crippen molar-refractivity contribution >= 4 is 57.9 Å². The molecule has 0 aliphatic carbocycles. The number of rotatable bonds is 10. The van der Waals surface area contributed by atoms with Crippen LogP contribution in [0.3, 0.4) is 0 Å². The summed E-state index contributed by atoms with van der Waals surface area (Å²) in [7, 11) is 3.14. The van der Waals surface area contributed by atoms with Gasteiger partial charge in [-0.3, -0.25) is 14.5 Å². The highest BCUT2D eigenvalue weighted by Crippen LogP contribution is 2.39. The van der Waals surface area contributed by atoms with Crippen LogP contribution in [0.15, 0.2) is 55.3 Å². The van der Waals surface area contributed by atoms with E-state index >= 15 is 0 Å². The van der Waals surface area contributed by atoms with Gasteiger partial charge in [0.2, 0.25) is 11.9 Å². The number of aromatic nitrogens is 2. The Morgan fingerprint density at radius 3 is 2.46 bits per heavy atom. The zero-order valence-corrected chi connectivity index (χ0v) is 24.4. The van der Waals surface area contributed by atoms with Crippen molar-refractivity contribution in [2.24, 2.45) is 0 Å². The van der Waals surface area contributed by atoms with Crippen LogP contribution in [0, 0.1) is 0 Å². The van der Waals surface area contributed by atoms with E-state index in [4.69, 9.17) is 16.3 Å². The van der Waals surface area contributed by atoms with Gasteiger partial charge in [0.1, 0.15) is 10.8 Å². The number of hydrogen-bond donors (Lipinski definition) is 4. The number of nitrogens with one attached hydrogen (secondary N) is 4. The van der Waals surface area contributed by atoms with E-state index in [1.807, 2.05) is 6.07 Å². The van der Waals surface area contributed by atoms with E-state index in [0.717, 1.165) is 31.9 Å². The Morgan fingerprint density at radius 1 is 1.07 bits per heavy atom. The average Bonchev–Trinajstić information content (AvgIpc) is 2.98. The number of halogens is 1. The fourth-order valence-electron chi connectivity index (χ4n) is 4.55. The number of amides is 2. The minimum absolute atomic E-state index is 0.229. The first-order valence-electron chi connectivity index (χ1n) is 13.3. The summed E-state index contributed by atoms with van der Waals surface area (Å²) in [5.74, 6) is 0.500. The molecule has 216 valence electrons. The first-order valence-corrected chi connectivity index (χ1v) is 13.6. The van der Waals surface area contributed by atoms with Gasteiger partial charge in [0.05, 0.1) is 41.6 Å². The van der Waals surface area contributed by atoms with Crippen molar-refractivity contribution in [3.63, 3.8) is 0 Å². The van der Waals surface area contributed by atoms with Crippen LogP contribution in [-0.2, 0) is 4.79 Å². The van der Waals surface area contributed by atoms with E-state index in [0.29, 0.717) is 40.2 Å². The minimum Gasteiger partial charge on any atom is -0.494 e. The summed E-state index contributed by atoms with van der Waals surface area (Å²) in [5.41, 5.74) is 2.95. The predicted octanol–water partition coefficient (Wildman–Crippen LogP) is 4.64. The summed E-state index contributed by atoms with van der Waals surface area (Å²) >= 11 is 6.40. The molecule has 2 amide bonds. The Hall–Kier alpha value is -4.35. The van der Waals surface area contributed by atoms with Crippen molar-refractivity contribution in [3.05, 3.63) is 65.8 Å². The smallest absolute Gasteiger partial charge is 0.253 e. The molecule has 0 radical (unpaired) electrons. The maximum absolute atomic E-state index is 12.4. The lowest BCUT2D eigenvalue weighted by Crippen LogP contribution is -2.49. The Kier molecular flexibility index (Phi) is 9.64. The van der Waals surface area contributed by atoms with E-state index in [2.05, 4.69) is 61.5 Å². The second kappa shape index (κ2) is 13.3. The van der Waals surface area contributed by atoms with Gasteiger partial charge in [-0.25, -0.2) is 4.98 Å². The number of anilines is 6. The van der Waals surface area contributed by atoms with Gasteiger partial charge in [-0.15, -0.1) is 0 Å². The maximum Gasteiger partial charge on any atom is 0.253 e. The van der Waals surface area contributed by atoms with Crippen molar-refractivity contribution in [2.75, 3.05) is 61.2 Å². The molecule has 2 heterocycles. The van der Waals surface area contributed by atoms with Gasteiger partial charge in [0.15, 0.2) is 5.82 Å². The van der Waals surface area contributed by atoms with Crippen LogP contribution in [0.4, 0.5) is 34.5 Å². The van der Waals surface area contributed by atoms with Gasteiger partial charge in [0, 0.05) is 45.3 Å². The van der Waals surface area contributed by atoms with Gasteiger partial charge >= 0.3 is 0 Å². The number of carbonyl (C=O) groups excluding carboxylic acids is 2. The molecule has 1 aromatic heterocycles. The molecule has 12 heteroatoms. The standard InChI is InChI=1S/C29H35ClN8O3/c1-6-26(39)33-22-15-23(25(41-5)16-24(22)38-13-11-37(12-14-38)18(2)3)35-29-32-17-20(30)27(36-29)34-21-10-8-7-9-19(21)28(40)31-4/h6-10,15-18H,1,11-14H2,2-5H3,(H,31,40)(H,33,39)(H2,32,34,35,36). The predicted molar refractivity (Wildman–Crippen MR) is 164 cm³/mol. The molecule has 0 saturated carbocycles. The first-order chi connectivity index (χ1) is 19.7. The van der Waals surface area contributed by atoms with Crippen LogP contribution in [-0.4, -0.2) is 73.1 Å². The summed E-state index contributed by atoms with van der Waals surface area (Å²) in [6.45, 7) is 11.4.